The molecule has 0 unspecified atom stereocenters. The molecule has 0 atom stereocenters. The summed E-state index contributed by atoms with van der Waals surface area (Å²) in [5.41, 5.74) is 2.33. The zero-order valence-electron chi connectivity index (χ0n) is 12.3. The van der Waals surface area contributed by atoms with E-state index in [1.54, 1.807) is 14.2 Å². The van der Waals surface area contributed by atoms with Crippen LogP contribution in [-0.2, 0) is 11.8 Å². The zero-order valence-corrected chi connectivity index (χ0v) is 13.9. The Morgan fingerprint density at radius 1 is 0.905 bits per heavy atom. The normalized spacial score (nSPS) is 10.2. The van der Waals surface area contributed by atoms with Crippen molar-refractivity contribution in [2.45, 2.75) is 11.8 Å². The smallest absolute Gasteiger partial charge is 0.203 e. The van der Waals surface area contributed by atoms with E-state index in [9.17, 15) is 0 Å². The van der Waals surface area contributed by atoms with E-state index in [0.29, 0.717) is 23.9 Å². The van der Waals surface area contributed by atoms with Crippen LogP contribution in [0.4, 0.5) is 0 Å². The van der Waals surface area contributed by atoms with Gasteiger partial charge in [0, 0.05) is 11.8 Å². The maximum absolute atomic E-state index is 5.89. The van der Waals surface area contributed by atoms with Gasteiger partial charge in [0.25, 0.3) is 0 Å². The Labute approximate surface area is 134 Å². The van der Waals surface area contributed by atoms with E-state index < -0.39 is 0 Å². The summed E-state index contributed by atoms with van der Waals surface area (Å²) in [6.45, 7) is 0.574. The fourth-order valence-electron chi connectivity index (χ4n) is 2.07. The molecule has 0 aromatic heterocycles. The largest absolute Gasteiger partial charge is 0.493 e. The first-order chi connectivity index (χ1) is 10.3. The lowest BCUT2D eigenvalue weighted by molar-refractivity contribution is 0.277. The lowest BCUT2D eigenvalue weighted by Gasteiger charge is -2.15. The summed E-state index contributed by atoms with van der Waals surface area (Å²) in [7, 11) is 3.27. The van der Waals surface area contributed by atoms with Crippen LogP contribution >= 0.6 is 15.9 Å². The second-order valence-corrected chi connectivity index (χ2v) is 5.11. The quantitative estimate of drug-likeness (QED) is 0.699. The van der Waals surface area contributed by atoms with Crippen molar-refractivity contribution in [1.29, 1.82) is 0 Å². The van der Waals surface area contributed by atoms with Gasteiger partial charge in [0.1, 0.15) is 0 Å². The zero-order chi connectivity index (χ0) is 15.1. The van der Waals surface area contributed by atoms with E-state index in [-0.39, 0.29) is 0 Å². The van der Waals surface area contributed by atoms with E-state index in [1.165, 1.54) is 5.56 Å². The highest BCUT2D eigenvalue weighted by atomic mass is 79.9. The van der Waals surface area contributed by atoms with Crippen molar-refractivity contribution in [2.75, 3.05) is 20.8 Å². The van der Waals surface area contributed by atoms with Crippen LogP contribution in [-0.4, -0.2) is 20.8 Å². The summed E-state index contributed by atoms with van der Waals surface area (Å²) in [5, 5.41) is 0.740. The molecule has 2 rings (SSSR count). The molecule has 0 radical (unpaired) electrons. The molecule has 0 heterocycles. The first kappa shape index (κ1) is 15.7. The van der Waals surface area contributed by atoms with Crippen molar-refractivity contribution < 1.29 is 14.2 Å². The molecule has 2 aromatic rings. The molecule has 0 amide bonds. The summed E-state index contributed by atoms with van der Waals surface area (Å²) in [5.74, 6) is 2.04. The predicted molar refractivity (Wildman–Crippen MR) is 87.8 cm³/mol. The van der Waals surface area contributed by atoms with E-state index in [4.69, 9.17) is 14.2 Å². The Morgan fingerprint density at radius 3 is 2.05 bits per heavy atom. The molecule has 21 heavy (non-hydrogen) atoms. The highest BCUT2D eigenvalue weighted by Crippen LogP contribution is 2.39. The molecule has 0 spiro atoms. The fraction of sp³-hybridized carbons (Fsp3) is 0.294. The maximum Gasteiger partial charge on any atom is 0.203 e. The molecule has 2 aromatic carbocycles. The van der Waals surface area contributed by atoms with Gasteiger partial charge in [-0.3, -0.25) is 0 Å². The number of rotatable bonds is 7. The molecule has 0 bridgehead atoms. The van der Waals surface area contributed by atoms with Gasteiger partial charge in [-0.2, -0.15) is 0 Å². The van der Waals surface area contributed by atoms with Crippen LogP contribution in [0.5, 0.6) is 17.2 Å². The SMILES string of the molecule is COc1cc(CBr)cc(OC)c1OCCc1ccccc1. The highest BCUT2D eigenvalue weighted by Gasteiger charge is 2.13. The summed E-state index contributed by atoms with van der Waals surface area (Å²) < 4.78 is 16.7. The van der Waals surface area contributed by atoms with Crippen molar-refractivity contribution >= 4 is 15.9 Å². The molecular weight excluding hydrogens is 332 g/mol. The van der Waals surface area contributed by atoms with Gasteiger partial charge in [0.2, 0.25) is 5.75 Å². The minimum Gasteiger partial charge on any atom is -0.493 e. The lowest BCUT2D eigenvalue weighted by atomic mass is 10.1. The van der Waals surface area contributed by atoms with E-state index in [0.717, 1.165) is 17.3 Å². The lowest BCUT2D eigenvalue weighted by Crippen LogP contribution is -2.04. The van der Waals surface area contributed by atoms with E-state index >= 15 is 0 Å². The Morgan fingerprint density at radius 2 is 1.52 bits per heavy atom. The molecule has 0 aliphatic carbocycles. The van der Waals surface area contributed by atoms with Crippen LogP contribution in [0.15, 0.2) is 42.5 Å². The van der Waals surface area contributed by atoms with Crippen molar-refractivity contribution in [1.82, 2.24) is 0 Å². The fourth-order valence-corrected chi connectivity index (χ4v) is 2.39. The third kappa shape index (κ3) is 4.14. The number of alkyl halides is 1. The minimum absolute atomic E-state index is 0.574. The minimum atomic E-state index is 0.574. The van der Waals surface area contributed by atoms with Crippen molar-refractivity contribution in [3.8, 4) is 17.2 Å². The van der Waals surface area contributed by atoms with Crippen LogP contribution < -0.4 is 14.2 Å². The third-order valence-electron chi connectivity index (χ3n) is 3.15. The molecule has 0 aliphatic heterocycles. The average Bonchev–Trinajstić information content (AvgIpc) is 2.55. The maximum atomic E-state index is 5.89. The van der Waals surface area contributed by atoms with Crippen molar-refractivity contribution in [3.05, 3.63) is 53.6 Å². The number of hydrogen-bond donors (Lipinski definition) is 0. The Hall–Kier alpha value is -1.68. The van der Waals surface area contributed by atoms with Gasteiger partial charge in [-0.15, -0.1) is 0 Å². The van der Waals surface area contributed by atoms with Crippen LogP contribution in [0.1, 0.15) is 11.1 Å². The summed E-state index contributed by atoms with van der Waals surface area (Å²) in [6.07, 6.45) is 0.841. The van der Waals surface area contributed by atoms with Gasteiger partial charge in [-0.25, -0.2) is 0 Å². The van der Waals surface area contributed by atoms with Gasteiger partial charge < -0.3 is 14.2 Å². The van der Waals surface area contributed by atoms with Gasteiger partial charge >= 0.3 is 0 Å². The summed E-state index contributed by atoms with van der Waals surface area (Å²) >= 11 is 3.44. The van der Waals surface area contributed by atoms with Crippen molar-refractivity contribution in [2.24, 2.45) is 0 Å². The second kappa shape index (κ2) is 7.93. The van der Waals surface area contributed by atoms with Gasteiger partial charge in [-0.05, 0) is 23.3 Å². The van der Waals surface area contributed by atoms with Crippen molar-refractivity contribution in [3.63, 3.8) is 0 Å². The molecule has 4 heteroatoms. The third-order valence-corrected chi connectivity index (χ3v) is 3.80. The molecule has 0 fully saturated rings. The average molecular weight is 351 g/mol. The molecule has 0 N–H and O–H groups in total. The Bertz CT molecular complexity index is 544. The standard InChI is InChI=1S/C17H19BrO3/c1-19-15-10-14(12-18)11-16(20-2)17(15)21-9-8-13-6-4-3-5-7-13/h3-7,10-11H,8-9,12H2,1-2H3. The molecule has 112 valence electrons. The number of hydrogen-bond acceptors (Lipinski definition) is 3. The highest BCUT2D eigenvalue weighted by molar-refractivity contribution is 9.08. The molecular formula is C17H19BrO3. The van der Waals surface area contributed by atoms with Crippen LogP contribution in [0.3, 0.4) is 0 Å². The predicted octanol–water partition coefficient (Wildman–Crippen LogP) is 4.22. The van der Waals surface area contributed by atoms with Crippen LogP contribution in [0, 0.1) is 0 Å². The van der Waals surface area contributed by atoms with Crippen LogP contribution in [0.25, 0.3) is 0 Å². The number of ether oxygens (including phenoxy) is 3. The van der Waals surface area contributed by atoms with Crippen LogP contribution in [0.2, 0.25) is 0 Å². The van der Waals surface area contributed by atoms with E-state index in [2.05, 4.69) is 28.1 Å². The van der Waals surface area contributed by atoms with Gasteiger partial charge in [-0.1, -0.05) is 46.3 Å². The Kier molecular flexibility index (Phi) is 5.93. The number of methoxy groups -OCH3 is 2. The van der Waals surface area contributed by atoms with Gasteiger partial charge in [0.05, 0.1) is 20.8 Å². The molecule has 0 aliphatic rings. The Balaban J connectivity index is 2.11. The molecule has 3 nitrogen and oxygen atoms in total. The molecule has 0 saturated heterocycles. The summed E-state index contributed by atoms with van der Waals surface area (Å²) in [6, 6.07) is 14.2. The topological polar surface area (TPSA) is 27.7 Å². The van der Waals surface area contributed by atoms with Gasteiger partial charge in [0.15, 0.2) is 11.5 Å². The molecule has 0 saturated carbocycles. The first-order valence-electron chi connectivity index (χ1n) is 6.76. The van der Waals surface area contributed by atoms with E-state index in [1.807, 2.05) is 30.3 Å². The second-order valence-electron chi connectivity index (χ2n) is 4.55. The summed E-state index contributed by atoms with van der Waals surface area (Å²) in [4.78, 5) is 0. The number of halogens is 1. The monoisotopic (exact) mass is 350 g/mol. The number of benzene rings is 2. The first-order valence-corrected chi connectivity index (χ1v) is 7.88.